The van der Waals surface area contributed by atoms with Gasteiger partial charge in [-0.2, -0.15) is 0 Å². The Morgan fingerprint density at radius 1 is 1.35 bits per heavy atom. The van der Waals surface area contributed by atoms with Crippen LogP contribution in [0.2, 0.25) is 0 Å². The standard InChI is InChI=1S/C14H17F2N3O/c1-10(8-19-5-4-17-9-19)18-7-14(20)11-2-3-12(15)13(16)6-11/h2-6,9-10,14,18,20H,7-8H2,1H3. The van der Waals surface area contributed by atoms with Gasteiger partial charge < -0.3 is 15.0 Å². The maximum Gasteiger partial charge on any atom is 0.159 e. The number of aliphatic hydroxyl groups excluding tert-OH is 1. The van der Waals surface area contributed by atoms with Gasteiger partial charge in [0.05, 0.1) is 12.4 Å². The molecule has 2 unspecified atom stereocenters. The normalized spacial score (nSPS) is 14.2. The molecule has 1 heterocycles. The van der Waals surface area contributed by atoms with Crippen molar-refractivity contribution in [1.29, 1.82) is 0 Å². The van der Waals surface area contributed by atoms with Gasteiger partial charge in [-0.1, -0.05) is 6.07 Å². The first kappa shape index (κ1) is 14.6. The van der Waals surface area contributed by atoms with E-state index >= 15 is 0 Å². The summed E-state index contributed by atoms with van der Waals surface area (Å²) >= 11 is 0. The number of nitrogens with zero attached hydrogens (tertiary/aromatic N) is 2. The summed E-state index contributed by atoms with van der Waals surface area (Å²) in [5.41, 5.74) is 0.353. The average Bonchev–Trinajstić information content (AvgIpc) is 2.92. The summed E-state index contributed by atoms with van der Waals surface area (Å²) in [6.45, 7) is 2.95. The number of hydrogen-bond acceptors (Lipinski definition) is 3. The van der Waals surface area contributed by atoms with Crippen molar-refractivity contribution < 1.29 is 13.9 Å². The minimum atomic E-state index is -0.951. The van der Waals surface area contributed by atoms with E-state index in [9.17, 15) is 13.9 Å². The second-order valence-electron chi connectivity index (χ2n) is 4.76. The summed E-state index contributed by atoms with van der Waals surface area (Å²) in [5, 5.41) is 13.1. The quantitative estimate of drug-likeness (QED) is 0.850. The lowest BCUT2D eigenvalue weighted by Crippen LogP contribution is -2.33. The maximum atomic E-state index is 13.1. The lowest BCUT2D eigenvalue weighted by molar-refractivity contribution is 0.168. The monoisotopic (exact) mass is 281 g/mol. The molecule has 0 amide bonds. The first-order valence-corrected chi connectivity index (χ1v) is 6.38. The Morgan fingerprint density at radius 3 is 2.80 bits per heavy atom. The molecule has 4 nitrogen and oxygen atoms in total. The topological polar surface area (TPSA) is 50.1 Å². The second-order valence-corrected chi connectivity index (χ2v) is 4.76. The van der Waals surface area contributed by atoms with Crippen molar-refractivity contribution in [3.05, 3.63) is 54.1 Å². The number of imidazole rings is 1. The SMILES string of the molecule is CC(Cn1ccnc1)NCC(O)c1ccc(F)c(F)c1. The van der Waals surface area contributed by atoms with E-state index in [1.807, 2.05) is 17.7 Å². The Morgan fingerprint density at radius 2 is 2.15 bits per heavy atom. The Labute approximate surface area is 116 Å². The van der Waals surface area contributed by atoms with Gasteiger partial charge in [0.1, 0.15) is 0 Å². The van der Waals surface area contributed by atoms with Gasteiger partial charge in [-0.05, 0) is 24.6 Å². The van der Waals surface area contributed by atoms with E-state index in [-0.39, 0.29) is 12.6 Å². The molecule has 0 saturated carbocycles. The average molecular weight is 281 g/mol. The number of benzene rings is 1. The van der Waals surface area contributed by atoms with E-state index in [2.05, 4.69) is 10.3 Å². The predicted octanol–water partition coefficient (Wildman–Crippen LogP) is 1.87. The van der Waals surface area contributed by atoms with Crippen molar-refractivity contribution in [2.45, 2.75) is 25.6 Å². The molecule has 1 aromatic carbocycles. The van der Waals surface area contributed by atoms with Crippen LogP contribution in [0.4, 0.5) is 8.78 Å². The lowest BCUT2D eigenvalue weighted by atomic mass is 10.1. The van der Waals surface area contributed by atoms with E-state index in [1.165, 1.54) is 6.07 Å². The molecular weight excluding hydrogens is 264 g/mol. The fourth-order valence-corrected chi connectivity index (χ4v) is 1.93. The number of hydrogen-bond donors (Lipinski definition) is 2. The van der Waals surface area contributed by atoms with Gasteiger partial charge in [-0.3, -0.25) is 0 Å². The molecule has 2 N–H and O–H groups in total. The zero-order valence-electron chi connectivity index (χ0n) is 11.1. The van der Waals surface area contributed by atoms with Crippen LogP contribution in [0, 0.1) is 11.6 Å². The highest BCUT2D eigenvalue weighted by Crippen LogP contribution is 2.15. The molecule has 20 heavy (non-hydrogen) atoms. The van der Waals surface area contributed by atoms with Crippen LogP contribution in [0.1, 0.15) is 18.6 Å². The molecule has 108 valence electrons. The summed E-state index contributed by atoms with van der Waals surface area (Å²) in [6, 6.07) is 3.53. The Kier molecular flexibility index (Phi) is 4.81. The molecule has 2 aromatic rings. The van der Waals surface area contributed by atoms with E-state index in [1.54, 1.807) is 12.5 Å². The zero-order chi connectivity index (χ0) is 14.5. The highest BCUT2D eigenvalue weighted by Gasteiger charge is 2.12. The number of nitrogens with one attached hydrogen (secondary N) is 1. The van der Waals surface area contributed by atoms with Crippen molar-refractivity contribution in [2.24, 2.45) is 0 Å². The third kappa shape index (κ3) is 3.85. The van der Waals surface area contributed by atoms with E-state index in [0.29, 0.717) is 12.1 Å². The zero-order valence-corrected chi connectivity index (χ0v) is 11.1. The Balaban J connectivity index is 1.85. The summed E-state index contributed by atoms with van der Waals surface area (Å²) in [5.74, 6) is -1.87. The molecule has 2 rings (SSSR count). The van der Waals surface area contributed by atoms with Crippen LogP contribution in [0.5, 0.6) is 0 Å². The van der Waals surface area contributed by atoms with Gasteiger partial charge in [-0.15, -0.1) is 0 Å². The van der Waals surface area contributed by atoms with Crippen molar-refractivity contribution in [2.75, 3.05) is 6.54 Å². The molecule has 1 aromatic heterocycles. The van der Waals surface area contributed by atoms with Crippen molar-refractivity contribution in [1.82, 2.24) is 14.9 Å². The van der Waals surface area contributed by atoms with Crippen molar-refractivity contribution in [3.8, 4) is 0 Å². The molecule has 6 heteroatoms. The van der Waals surface area contributed by atoms with Gasteiger partial charge in [0.25, 0.3) is 0 Å². The highest BCUT2D eigenvalue weighted by molar-refractivity contribution is 5.20. The second kappa shape index (κ2) is 6.58. The molecule has 2 atom stereocenters. The minimum absolute atomic E-state index is 0.115. The number of rotatable bonds is 6. The molecule has 0 bridgehead atoms. The van der Waals surface area contributed by atoms with Gasteiger partial charge >= 0.3 is 0 Å². The summed E-state index contributed by atoms with van der Waals surface area (Å²) in [7, 11) is 0. The van der Waals surface area contributed by atoms with Crippen LogP contribution < -0.4 is 5.32 Å². The van der Waals surface area contributed by atoms with Crippen molar-refractivity contribution >= 4 is 0 Å². The highest BCUT2D eigenvalue weighted by atomic mass is 19.2. The van der Waals surface area contributed by atoms with E-state index in [4.69, 9.17) is 0 Å². The smallest absolute Gasteiger partial charge is 0.159 e. The fraction of sp³-hybridized carbons (Fsp3) is 0.357. The largest absolute Gasteiger partial charge is 0.387 e. The third-order valence-corrected chi connectivity index (χ3v) is 3.03. The summed E-state index contributed by atoms with van der Waals surface area (Å²) in [6.07, 6.45) is 4.38. The molecule has 0 aliphatic carbocycles. The van der Waals surface area contributed by atoms with Crippen LogP contribution >= 0.6 is 0 Å². The fourth-order valence-electron chi connectivity index (χ4n) is 1.93. The molecule has 0 fully saturated rings. The van der Waals surface area contributed by atoms with Gasteiger partial charge in [-0.25, -0.2) is 13.8 Å². The van der Waals surface area contributed by atoms with E-state index < -0.39 is 17.7 Å². The molecule has 0 aliphatic heterocycles. The number of aromatic nitrogens is 2. The minimum Gasteiger partial charge on any atom is -0.387 e. The van der Waals surface area contributed by atoms with Crippen LogP contribution in [-0.4, -0.2) is 27.2 Å². The molecule has 0 spiro atoms. The Hall–Kier alpha value is -1.79. The van der Waals surface area contributed by atoms with Gasteiger partial charge in [0.15, 0.2) is 11.6 Å². The van der Waals surface area contributed by atoms with Gasteiger partial charge in [0, 0.05) is 31.5 Å². The lowest BCUT2D eigenvalue weighted by Gasteiger charge is -2.18. The summed E-state index contributed by atoms with van der Waals surface area (Å²) in [4.78, 5) is 3.94. The molecule has 0 aliphatic rings. The maximum absolute atomic E-state index is 13.1. The van der Waals surface area contributed by atoms with Crippen molar-refractivity contribution in [3.63, 3.8) is 0 Å². The van der Waals surface area contributed by atoms with Crippen LogP contribution in [0.3, 0.4) is 0 Å². The number of halogens is 2. The Bertz CT molecular complexity index is 545. The first-order chi connectivity index (χ1) is 9.56. The molecule has 0 saturated heterocycles. The number of aliphatic hydroxyl groups is 1. The van der Waals surface area contributed by atoms with Gasteiger partial charge in [0.2, 0.25) is 0 Å². The van der Waals surface area contributed by atoms with Crippen LogP contribution in [0.25, 0.3) is 0 Å². The summed E-state index contributed by atoms with van der Waals surface area (Å²) < 4.78 is 27.8. The van der Waals surface area contributed by atoms with Crippen LogP contribution in [-0.2, 0) is 6.54 Å². The van der Waals surface area contributed by atoms with Crippen LogP contribution in [0.15, 0.2) is 36.9 Å². The first-order valence-electron chi connectivity index (χ1n) is 6.38. The third-order valence-electron chi connectivity index (χ3n) is 3.03. The molecule has 0 radical (unpaired) electrons. The molecular formula is C14H17F2N3O. The van der Waals surface area contributed by atoms with E-state index in [0.717, 1.165) is 12.1 Å². The predicted molar refractivity (Wildman–Crippen MR) is 71.0 cm³/mol.